The number of amides is 1. The van der Waals surface area contributed by atoms with Gasteiger partial charge in [-0.05, 0) is 43.9 Å². The molecule has 0 bridgehead atoms. The molecular formula is C24H36N4O2. The molecule has 0 saturated heterocycles. The SMILES string of the molecule is CCCCC1C(CC)C1NC.CNC(=O)c1cc(C=O)n(C(C)c2ccccc2)n1. The fourth-order valence-electron chi connectivity index (χ4n) is 4.18. The van der Waals surface area contributed by atoms with Crippen LogP contribution in [0.25, 0.3) is 0 Å². The Labute approximate surface area is 180 Å². The molecule has 0 aliphatic heterocycles. The number of aldehydes is 1. The summed E-state index contributed by atoms with van der Waals surface area (Å²) in [4.78, 5) is 22.6. The number of hydrogen-bond donors (Lipinski definition) is 2. The highest BCUT2D eigenvalue weighted by Gasteiger charge is 2.46. The van der Waals surface area contributed by atoms with Gasteiger partial charge < -0.3 is 10.6 Å². The predicted molar refractivity (Wildman–Crippen MR) is 121 cm³/mol. The Morgan fingerprint density at radius 3 is 2.40 bits per heavy atom. The van der Waals surface area contributed by atoms with Crippen LogP contribution in [-0.4, -0.2) is 42.1 Å². The Morgan fingerprint density at radius 2 is 1.90 bits per heavy atom. The summed E-state index contributed by atoms with van der Waals surface area (Å²) >= 11 is 0. The topological polar surface area (TPSA) is 76.0 Å². The molecule has 2 N–H and O–H groups in total. The maximum absolute atomic E-state index is 11.6. The molecule has 30 heavy (non-hydrogen) atoms. The highest BCUT2D eigenvalue weighted by molar-refractivity contribution is 5.93. The molecule has 164 valence electrons. The molecule has 0 radical (unpaired) electrons. The quantitative estimate of drug-likeness (QED) is 0.609. The number of benzene rings is 1. The smallest absolute Gasteiger partial charge is 0.271 e. The third-order valence-electron chi connectivity index (χ3n) is 6.02. The highest BCUT2D eigenvalue weighted by atomic mass is 16.2. The second kappa shape index (κ2) is 11.6. The van der Waals surface area contributed by atoms with Crippen LogP contribution >= 0.6 is 0 Å². The highest BCUT2D eigenvalue weighted by Crippen LogP contribution is 2.44. The minimum absolute atomic E-state index is 0.111. The number of hydrogen-bond acceptors (Lipinski definition) is 4. The zero-order chi connectivity index (χ0) is 22.1. The fraction of sp³-hybridized carbons (Fsp3) is 0.542. The van der Waals surface area contributed by atoms with Gasteiger partial charge in [0.25, 0.3) is 5.91 Å². The van der Waals surface area contributed by atoms with Crippen molar-refractivity contribution < 1.29 is 9.59 Å². The van der Waals surface area contributed by atoms with E-state index in [2.05, 4.69) is 36.6 Å². The Morgan fingerprint density at radius 1 is 1.20 bits per heavy atom. The average Bonchev–Trinajstić information content (AvgIpc) is 3.31. The van der Waals surface area contributed by atoms with E-state index < -0.39 is 0 Å². The number of unbranched alkanes of at least 4 members (excludes halogenated alkanes) is 1. The van der Waals surface area contributed by atoms with E-state index in [-0.39, 0.29) is 17.6 Å². The lowest BCUT2D eigenvalue weighted by atomic mass is 10.1. The molecule has 4 unspecified atom stereocenters. The lowest BCUT2D eigenvalue weighted by molar-refractivity contribution is 0.0957. The zero-order valence-corrected chi connectivity index (χ0v) is 18.9. The normalized spacial score (nSPS) is 20.6. The first kappa shape index (κ1) is 23.8. The number of nitrogens with one attached hydrogen (secondary N) is 2. The van der Waals surface area contributed by atoms with Crippen molar-refractivity contribution in [3.8, 4) is 0 Å². The number of carbonyl (C=O) groups is 2. The summed E-state index contributed by atoms with van der Waals surface area (Å²) in [5.41, 5.74) is 1.65. The van der Waals surface area contributed by atoms with Crippen LogP contribution in [0.3, 0.4) is 0 Å². The Balaban J connectivity index is 0.000000248. The molecule has 1 fully saturated rings. The minimum Gasteiger partial charge on any atom is -0.354 e. The molecule has 1 saturated carbocycles. The molecule has 1 aromatic heterocycles. The van der Waals surface area contributed by atoms with Crippen molar-refractivity contribution in [3.63, 3.8) is 0 Å². The van der Waals surface area contributed by atoms with Gasteiger partial charge in [0.15, 0.2) is 12.0 Å². The van der Waals surface area contributed by atoms with Gasteiger partial charge in [-0.2, -0.15) is 5.10 Å². The van der Waals surface area contributed by atoms with Gasteiger partial charge in [0.2, 0.25) is 0 Å². The number of rotatable bonds is 9. The van der Waals surface area contributed by atoms with E-state index in [1.165, 1.54) is 38.8 Å². The van der Waals surface area contributed by atoms with Crippen LogP contribution in [-0.2, 0) is 0 Å². The Bertz CT molecular complexity index is 793. The second-order valence-electron chi connectivity index (χ2n) is 7.88. The van der Waals surface area contributed by atoms with Crippen LogP contribution < -0.4 is 10.6 Å². The van der Waals surface area contributed by atoms with Crippen LogP contribution in [0.1, 0.15) is 79.0 Å². The molecule has 6 nitrogen and oxygen atoms in total. The van der Waals surface area contributed by atoms with Gasteiger partial charge in [0.1, 0.15) is 5.69 Å². The van der Waals surface area contributed by atoms with E-state index in [1.54, 1.807) is 4.68 Å². The molecule has 3 rings (SSSR count). The first-order chi connectivity index (χ1) is 14.5. The van der Waals surface area contributed by atoms with Crippen LogP contribution in [0.4, 0.5) is 0 Å². The minimum atomic E-state index is -0.304. The molecular weight excluding hydrogens is 376 g/mol. The van der Waals surface area contributed by atoms with Gasteiger partial charge in [-0.1, -0.05) is 63.4 Å². The predicted octanol–water partition coefficient (Wildman–Crippen LogP) is 4.09. The summed E-state index contributed by atoms with van der Waals surface area (Å²) in [6, 6.07) is 11.9. The fourth-order valence-corrected chi connectivity index (χ4v) is 4.18. The maximum Gasteiger partial charge on any atom is 0.271 e. The molecule has 0 spiro atoms. The van der Waals surface area contributed by atoms with Crippen LogP contribution in [0.15, 0.2) is 36.4 Å². The van der Waals surface area contributed by atoms with Gasteiger partial charge in [-0.15, -0.1) is 0 Å². The first-order valence-corrected chi connectivity index (χ1v) is 11.0. The van der Waals surface area contributed by atoms with Crippen molar-refractivity contribution in [2.45, 2.75) is 58.5 Å². The van der Waals surface area contributed by atoms with Crippen LogP contribution in [0.2, 0.25) is 0 Å². The van der Waals surface area contributed by atoms with Crippen molar-refractivity contribution in [2.24, 2.45) is 11.8 Å². The van der Waals surface area contributed by atoms with Crippen molar-refractivity contribution in [1.29, 1.82) is 0 Å². The monoisotopic (exact) mass is 412 g/mol. The lowest BCUT2D eigenvalue weighted by Gasteiger charge is -2.13. The van der Waals surface area contributed by atoms with E-state index in [9.17, 15) is 9.59 Å². The van der Waals surface area contributed by atoms with Crippen molar-refractivity contribution >= 4 is 12.2 Å². The summed E-state index contributed by atoms with van der Waals surface area (Å²) in [5, 5.41) is 10.1. The second-order valence-corrected chi connectivity index (χ2v) is 7.88. The third-order valence-corrected chi connectivity index (χ3v) is 6.02. The Hall–Kier alpha value is -2.47. The van der Waals surface area contributed by atoms with E-state index in [0.717, 1.165) is 23.4 Å². The van der Waals surface area contributed by atoms with E-state index in [4.69, 9.17) is 0 Å². The summed E-state index contributed by atoms with van der Waals surface area (Å²) < 4.78 is 1.56. The maximum atomic E-state index is 11.6. The molecule has 4 atom stereocenters. The van der Waals surface area contributed by atoms with Gasteiger partial charge in [-0.25, -0.2) is 0 Å². The summed E-state index contributed by atoms with van der Waals surface area (Å²) in [5.74, 6) is 1.69. The zero-order valence-electron chi connectivity index (χ0n) is 18.9. The summed E-state index contributed by atoms with van der Waals surface area (Å²) in [6.07, 6.45) is 6.28. The average molecular weight is 413 g/mol. The summed E-state index contributed by atoms with van der Waals surface area (Å²) in [7, 11) is 3.63. The van der Waals surface area contributed by atoms with Crippen molar-refractivity contribution in [1.82, 2.24) is 20.4 Å². The standard InChI is InChI=1S/C14H15N3O2.C10H21N/c1-10(11-6-4-3-5-7-11)17-12(9-18)8-13(16-17)14(19)15-2;1-4-6-7-9-8(5-2)10(9)11-3/h3-10H,1-2H3,(H,15,19);8-11H,4-7H2,1-3H3. The van der Waals surface area contributed by atoms with Gasteiger partial charge in [-0.3, -0.25) is 14.3 Å². The molecule has 1 amide bonds. The van der Waals surface area contributed by atoms with Gasteiger partial charge in [0.05, 0.1) is 6.04 Å². The van der Waals surface area contributed by atoms with Crippen LogP contribution in [0, 0.1) is 11.8 Å². The number of aromatic nitrogens is 2. The molecule has 6 heteroatoms. The van der Waals surface area contributed by atoms with E-state index >= 15 is 0 Å². The molecule has 2 aromatic rings. The third kappa shape index (κ3) is 5.79. The molecule has 1 aromatic carbocycles. The van der Waals surface area contributed by atoms with E-state index in [1.807, 2.05) is 37.3 Å². The Kier molecular flexibility index (Phi) is 9.24. The van der Waals surface area contributed by atoms with Crippen molar-refractivity contribution in [3.05, 3.63) is 53.3 Å². The van der Waals surface area contributed by atoms with E-state index in [0.29, 0.717) is 12.0 Å². The lowest BCUT2D eigenvalue weighted by Crippen LogP contribution is -2.19. The van der Waals surface area contributed by atoms with Gasteiger partial charge >= 0.3 is 0 Å². The molecule has 1 aliphatic rings. The molecule has 1 aliphatic carbocycles. The van der Waals surface area contributed by atoms with Gasteiger partial charge in [0, 0.05) is 13.1 Å². The number of nitrogens with zero attached hydrogens (tertiary/aromatic N) is 2. The number of carbonyl (C=O) groups excluding carboxylic acids is 2. The first-order valence-electron chi connectivity index (χ1n) is 11.0. The van der Waals surface area contributed by atoms with Crippen molar-refractivity contribution in [2.75, 3.05) is 14.1 Å². The largest absolute Gasteiger partial charge is 0.354 e. The van der Waals surface area contributed by atoms with Crippen LogP contribution in [0.5, 0.6) is 0 Å². The summed E-state index contributed by atoms with van der Waals surface area (Å²) in [6.45, 7) is 6.52. The molecule has 1 heterocycles.